The molecule has 1 unspecified atom stereocenters. The predicted octanol–water partition coefficient (Wildman–Crippen LogP) is 0.365. The van der Waals surface area contributed by atoms with Crippen molar-refractivity contribution in [3.05, 3.63) is 0 Å². The summed E-state index contributed by atoms with van der Waals surface area (Å²) >= 11 is 0. The van der Waals surface area contributed by atoms with Crippen LogP contribution in [-0.2, 0) is 9.59 Å². The van der Waals surface area contributed by atoms with Gasteiger partial charge in [0.25, 0.3) is 0 Å². The minimum absolute atomic E-state index is 0.00565. The van der Waals surface area contributed by atoms with Crippen LogP contribution in [0.2, 0.25) is 0 Å². The zero-order valence-electron chi connectivity index (χ0n) is 9.30. The van der Waals surface area contributed by atoms with E-state index in [0.717, 1.165) is 0 Å². The van der Waals surface area contributed by atoms with E-state index in [1.54, 1.807) is 6.92 Å². The summed E-state index contributed by atoms with van der Waals surface area (Å²) in [6.07, 6.45) is -4.78. The van der Waals surface area contributed by atoms with E-state index in [2.05, 4.69) is 10.6 Å². The van der Waals surface area contributed by atoms with E-state index in [9.17, 15) is 22.8 Å². The highest BCUT2D eigenvalue weighted by molar-refractivity contribution is 5.76. The molecule has 0 bridgehead atoms. The van der Waals surface area contributed by atoms with Crippen LogP contribution in [-0.4, -0.2) is 42.8 Å². The molecule has 0 aliphatic carbocycles. The van der Waals surface area contributed by atoms with E-state index >= 15 is 0 Å². The van der Waals surface area contributed by atoms with Crippen LogP contribution in [0.3, 0.4) is 0 Å². The fraction of sp³-hybridized carbons (Fsp3) is 0.778. The van der Waals surface area contributed by atoms with Gasteiger partial charge in [0.05, 0.1) is 0 Å². The van der Waals surface area contributed by atoms with Crippen molar-refractivity contribution in [2.24, 2.45) is 5.92 Å². The van der Waals surface area contributed by atoms with E-state index in [1.165, 1.54) is 0 Å². The smallest absolute Gasteiger partial charge is 0.403 e. The summed E-state index contributed by atoms with van der Waals surface area (Å²) < 4.78 is 36.5. The standard InChI is InChI=1S/C9H15F3N2O3/c1-2-14-7(15)3-4-13-5-6(8(16)17)9(10,11)12/h6,13H,2-5H2,1H3,(H,14,15)(H,16,17). The van der Waals surface area contributed by atoms with E-state index < -0.39 is 24.6 Å². The molecule has 100 valence electrons. The number of rotatable bonds is 7. The maximum Gasteiger partial charge on any atom is 0.403 e. The second-order valence-electron chi connectivity index (χ2n) is 3.34. The lowest BCUT2D eigenvalue weighted by atomic mass is 10.1. The maximum absolute atomic E-state index is 12.2. The molecule has 0 aromatic rings. The highest BCUT2D eigenvalue weighted by Crippen LogP contribution is 2.25. The Labute approximate surface area is 96.4 Å². The number of carbonyl (C=O) groups excluding carboxylic acids is 1. The highest BCUT2D eigenvalue weighted by Gasteiger charge is 2.44. The number of alkyl halides is 3. The first kappa shape index (κ1) is 15.7. The molecule has 1 atom stereocenters. The van der Waals surface area contributed by atoms with Crippen LogP contribution in [0.15, 0.2) is 0 Å². The molecular weight excluding hydrogens is 241 g/mol. The van der Waals surface area contributed by atoms with Crippen molar-refractivity contribution >= 4 is 11.9 Å². The third kappa shape index (κ3) is 6.77. The summed E-state index contributed by atoms with van der Waals surface area (Å²) in [4.78, 5) is 21.3. The third-order valence-corrected chi connectivity index (χ3v) is 1.94. The summed E-state index contributed by atoms with van der Waals surface area (Å²) in [6.45, 7) is 1.43. The minimum Gasteiger partial charge on any atom is -0.481 e. The van der Waals surface area contributed by atoms with Gasteiger partial charge in [-0.3, -0.25) is 9.59 Å². The molecule has 0 spiro atoms. The number of nitrogens with one attached hydrogen (secondary N) is 2. The quantitative estimate of drug-likeness (QED) is 0.575. The molecule has 0 saturated carbocycles. The minimum atomic E-state index is -4.79. The SMILES string of the molecule is CCNC(=O)CCNCC(C(=O)O)C(F)(F)F. The molecule has 0 heterocycles. The molecule has 0 aliphatic heterocycles. The van der Waals surface area contributed by atoms with Gasteiger partial charge in [0.2, 0.25) is 5.91 Å². The molecule has 17 heavy (non-hydrogen) atoms. The first-order valence-corrected chi connectivity index (χ1v) is 5.06. The number of amides is 1. The van der Waals surface area contributed by atoms with Crippen LogP contribution in [0.4, 0.5) is 13.2 Å². The predicted molar refractivity (Wildman–Crippen MR) is 53.4 cm³/mol. The first-order valence-electron chi connectivity index (χ1n) is 5.06. The van der Waals surface area contributed by atoms with Gasteiger partial charge in [-0.2, -0.15) is 13.2 Å². The number of carboxylic acids is 1. The van der Waals surface area contributed by atoms with E-state index in [-0.39, 0.29) is 18.9 Å². The lowest BCUT2D eigenvalue weighted by Crippen LogP contribution is -2.40. The summed E-state index contributed by atoms with van der Waals surface area (Å²) in [5, 5.41) is 13.1. The van der Waals surface area contributed by atoms with Gasteiger partial charge in [-0.25, -0.2) is 0 Å². The second-order valence-corrected chi connectivity index (χ2v) is 3.34. The Bertz CT molecular complexity index is 269. The van der Waals surface area contributed by atoms with Crippen LogP contribution in [0.5, 0.6) is 0 Å². The van der Waals surface area contributed by atoms with Gasteiger partial charge >= 0.3 is 12.1 Å². The van der Waals surface area contributed by atoms with Crippen molar-refractivity contribution in [2.75, 3.05) is 19.6 Å². The molecule has 0 fully saturated rings. The molecule has 0 radical (unpaired) electrons. The molecule has 8 heteroatoms. The Balaban J connectivity index is 3.93. The van der Waals surface area contributed by atoms with Crippen molar-refractivity contribution in [1.82, 2.24) is 10.6 Å². The van der Waals surface area contributed by atoms with Crippen molar-refractivity contribution in [2.45, 2.75) is 19.5 Å². The highest BCUT2D eigenvalue weighted by atomic mass is 19.4. The van der Waals surface area contributed by atoms with Crippen LogP contribution in [0.25, 0.3) is 0 Å². The van der Waals surface area contributed by atoms with E-state index in [4.69, 9.17) is 5.11 Å². The van der Waals surface area contributed by atoms with E-state index in [1.807, 2.05) is 0 Å². The zero-order valence-corrected chi connectivity index (χ0v) is 9.30. The summed E-state index contributed by atoms with van der Waals surface area (Å²) in [7, 11) is 0. The molecular formula is C9H15F3N2O3. The molecule has 3 N–H and O–H groups in total. The fourth-order valence-electron chi connectivity index (χ4n) is 1.08. The third-order valence-electron chi connectivity index (χ3n) is 1.94. The fourth-order valence-corrected chi connectivity index (χ4v) is 1.08. The van der Waals surface area contributed by atoms with Gasteiger partial charge < -0.3 is 15.7 Å². The Morgan fingerprint density at radius 3 is 2.35 bits per heavy atom. The topological polar surface area (TPSA) is 78.4 Å². The lowest BCUT2D eigenvalue weighted by molar-refractivity contribution is -0.192. The summed E-state index contributed by atoms with van der Waals surface area (Å²) in [5.74, 6) is -4.67. The van der Waals surface area contributed by atoms with Gasteiger partial charge in [0.15, 0.2) is 5.92 Å². The molecule has 0 saturated heterocycles. The maximum atomic E-state index is 12.2. The van der Waals surface area contributed by atoms with Gasteiger partial charge in [-0.15, -0.1) is 0 Å². The van der Waals surface area contributed by atoms with Crippen LogP contribution in [0.1, 0.15) is 13.3 Å². The molecule has 0 aliphatic rings. The van der Waals surface area contributed by atoms with Crippen LogP contribution in [0, 0.1) is 5.92 Å². The lowest BCUT2D eigenvalue weighted by Gasteiger charge is -2.16. The van der Waals surface area contributed by atoms with Crippen molar-refractivity contribution in [3.63, 3.8) is 0 Å². The van der Waals surface area contributed by atoms with E-state index in [0.29, 0.717) is 6.54 Å². The van der Waals surface area contributed by atoms with Crippen LogP contribution < -0.4 is 10.6 Å². The molecule has 0 aromatic heterocycles. The Morgan fingerprint density at radius 1 is 1.35 bits per heavy atom. The largest absolute Gasteiger partial charge is 0.481 e. The normalized spacial score (nSPS) is 13.2. The Hall–Kier alpha value is -1.31. The Kier molecular flexibility index (Phi) is 6.55. The van der Waals surface area contributed by atoms with Crippen molar-refractivity contribution in [1.29, 1.82) is 0 Å². The summed E-state index contributed by atoms with van der Waals surface area (Å²) in [5.41, 5.74) is 0. The average Bonchev–Trinajstić information content (AvgIpc) is 2.14. The van der Waals surface area contributed by atoms with Gasteiger partial charge in [-0.05, 0) is 6.92 Å². The van der Waals surface area contributed by atoms with Crippen molar-refractivity contribution < 1.29 is 27.9 Å². The number of hydrogen-bond donors (Lipinski definition) is 3. The summed E-state index contributed by atoms with van der Waals surface area (Å²) in [6, 6.07) is 0. The Morgan fingerprint density at radius 2 is 1.94 bits per heavy atom. The monoisotopic (exact) mass is 256 g/mol. The zero-order chi connectivity index (χ0) is 13.5. The average molecular weight is 256 g/mol. The van der Waals surface area contributed by atoms with Gasteiger partial charge in [0.1, 0.15) is 0 Å². The van der Waals surface area contributed by atoms with Crippen LogP contribution >= 0.6 is 0 Å². The van der Waals surface area contributed by atoms with Gasteiger partial charge in [0, 0.05) is 26.1 Å². The van der Waals surface area contributed by atoms with Gasteiger partial charge in [-0.1, -0.05) is 0 Å². The number of carbonyl (C=O) groups is 2. The number of aliphatic carboxylic acids is 1. The molecule has 5 nitrogen and oxygen atoms in total. The molecule has 0 aromatic carbocycles. The molecule has 0 rings (SSSR count). The van der Waals surface area contributed by atoms with Crippen molar-refractivity contribution in [3.8, 4) is 0 Å². The second kappa shape index (κ2) is 7.10. The first-order chi connectivity index (χ1) is 7.79. The molecule has 1 amide bonds. The number of halogens is 3. The number of hydrogen-bond acceptors (Lipinski definition) is 3. The number of carboxylic acid groups (broad SMARTS) is 1.